The number of carbonyl (C=O) groups excluding carboxylic acids is 2. The molecule has 0 unspecified atom stereocenters. The van der Waals surface area contributed by atoms with Crippen LogP contribution in [0.15, 0.2) is 18.2 Å². The largest absolute Gasteiger partial charge is 0.339 e. The van der Waals surface area contributed by atoms with Crippen LogP contribution in [0.1, 0.15) is 56.3 Å². The van der Waals surface area contributed by atoms with Crippen molar-refractivity contribution < 1.29 is 9.59 Å². The number of hydrogen-bond acceptors (Lipinski definition) is 3. The molecular formula is C18H26ClN3O2. The first-order valence-corrected chi connectivity index (χ1v) is 8.75. The van der Waals surface area contributed by atoms with Crippen molar-refractivity contribution in [2.24, 2.45) is 5.73 Å². The van der Waals surface area contributed by atoms with E-state index in [0.29, 0.717) is 16.3 Å². The Morgan fingerprint density at radius 2 is 1.88 bits per heavy atom. The number of nitrogens with zero attached hydrogens (tertiary/aromatic N) is 1. The van der Waals surface area contributed by atoms with Crippen LogP contribution < -0.4 is 11.1 Å². The van der Waals surface area contributed by atoms with Crippen LogP contribution in [0.2, 0.25) is 5.02 Å². The lowest BCUT2D eigenvalue weighted by molar-refractivity contribution is -0.120. The zero-order valence-electron chi connectivity index (χ0n) is 14.6. The van der Waals surface area contributed by atoms with E-state index in [0.717, 1.165) is 25.7 Å². The molecule has 0 saturated heterocycles. The summed E-state index contributed by atoms with van der Waals surface area (Å²) in [5.74, 6) is -0.388. The normalized spacial score (nSPS) is 15.9. The molecule has 6 heteroatoms. The third-order valence-corrected chi connectivity index (χ3v) is 4.80. The number of benzene rings is 1. The minimum atomic E-state index is -0.984. The Morgan fingerprint density at radius 1 is 1.25 bits per heavy atom. The van der Waals surface area contributed by atoms with Gasteiger partial charge in [-0.25, -0.2) is 0 Å². The van der Waals surface area contributed by atoms with E-state index >= 15 is 0 Å². The fraction of sp³-hybridized carbons (Fsp3) is 0.556. The average Bonchev–Trinajstić information content (AvgIpc) is 2.53. The van der Waals surface area contributed by atoms with Crippen molar-refractivity contribution in [2.45, 2.75) is 57.5 Å². The Kier molecular flexibility index (Phi) is 5.88. The van der Waals surface area contributed by atoms with E-state index in [4.69, 9.17) is 17.3 Å². The summed E-state index contributed by atoms with van der Waals surface area (Å²) in [5, 5.41) is 3.04. The molecule has 2 amide bonds. The second-order valence-electron chi connectivity index (χ2n) is 7.08. The molecule has 0 spiro atoms. The standard InChI is InChI=1S/C18H26ClN3O2/c1-18(2,20)17(24)21-12-9-10-14(15(19)11-12)16(23)22(3)13-7-5-4-6-8-13/h9-11,13H,4-8,20H2,1-3H3,(H,21,24). The maximum atomic E-state index is 12.7. The Morgan fingerprint density at radius 3 is 2.42 bits per heavy atom. The van der Waals surface area contributed by atoms with E-state index in [1.165, 1.54) is 6.42 Å². The molecule has 0 atom stereocenters. The van der Waals surface area contributed by atoms with Crippen molar-refractivity contribution in [3.8, 4) is 0 Å². The summed E-state index contributed by atoms with van der Waals surface area (Å²) in [4.78, 5) is 26.4. The second kappa shape index (κ2) is 7.53. The van der Waals surface area contributed by atoms with Gasteiger partial charge in [0.1, 0.15) is 0 Å². The van der Waals surface area contributed by atoms with Crippen LogP contribution in [0.25, 0.3) is 0 Å². The van der Waals surface area contributed by atoms with E-state index in [-0.39, 0.29) is 17.9 Å². The molecule has 0 aliphatic heterocycles. The van der Waals surface area contributed by atoms with Crippen molar-refractivity contribution in [1.82, 2.24) is 4.90 Å². The second-order valence-corrected chi connectivity index (χ2v) is 7.49. The first-order chi connectivity index (χ1) is 11.2. The van der Waals surface area contributed by atoms with E-state index in [1.54, 1.807) is 36.9 Å². The van der Waals surface area contributed by atoms with Gasteiger partial charge in [0, 0.05) is 18.8 Å². The third-order valence-electron chi connectivity index (χ3n) is 4.49. The molecule has 1 aromatic rings. The SMILES string of the molecule is CN(C(=O)c1ccc(NC(=O)C(C)(C)N)cc1Cl)C1CCCCC1. The highest BCUT2D eigenvalue weighted by molar-refractivity contribution is 6.34. The van der Waals surface area contributed by atoms with Crippen LogP contribution in [-0.4, -0.2) is 35.3 Å². The Balaban J connectivity index is 2.11. The molecule has 0 aromatic heterocycles. The number of hydrogen-bond donors (Lipinski definition) is 2. The van der Waals surface area contributed by atoms with Gasteiger partial charge in [0.25, 0.3) is 5.91 Å². The maximum absolute atomic E-state index is 12.7. The van der Waals surface area contributed by atoms with E-state index < -0.39 is 5.54 Å². The van der Waals surface area contributed by atoms with Gasteiger partial charge in [-0.15, -0.1) is 0 Å². The predicted molar refractivity (Wildman–Crippen MR) is 97.3 cm³/mol. The van der Waals surface area contributed by atoms with Gasteiger partial charge >= 0.3 is 0 Å². The number of halogens is 1. The fourth-order valence-electron chi connectivity index (χ4n) is 2.88. The van der Waals surface area contributed by atoms with Crippen molar-refractivity contribution >= 4 is 29.1 Å². The van der Waals surface area contributed by atoms with Gasteiger partial charge in [-0.3, -0.25) is 9.59 Å². The molecule has 1 aliphatic carbocycles. The number of nitrogens with two attached hydrogens (primary N) is 1. The Bertz CT molecular complexity index is 619. The van der Waals surface area contributed by atoms with Crippen LogP contribution in [0.5, 0.6) is 0 Å². The average molecular weight is 352 g/mol. The number of anilines is 1. The molecule has 2 rings (SSSR count). The van der Waals surface area contributed by atoms with Crippen molar-refractivity contribution in [3.05, 3.63) is 28.8 Å². The fourth-order valence-corrected chi connectivity index (χ4v) is 3.14. The zero-order chi connectivity index (χ0) is 17.9. The van der Waals surface area contributed by atoms with Gasteiger partial charge in [-0.1, -0.05) is 30.9 Å². The summed E-state index contributed by atoms with van der Waals surface area (Å²) in [6.07, 6.45) is 5.65. The number of amides is 2. The molecule has 1 saturated carbocycles. The summed E-state index contributed by atoms with van der Waals surface area (Å²) in [5.41, 5.74) is 5.76. The van der Waals surface area contributed by atoms with Gasteiger partial charge in [0.2, 0.25) is 5.91 Å². The maximum Gasteiger partial charge on any atom is 0.255 e. The highest BCUT2D eigenvalue weighted by Crippen LogP contribution is 2.26. The highest BCUT2D eigenvalue weighted by Gasteiger charge is 2.25. The molecule has 0 bridgehead atoms. The van der Waals surface area contributed by atoms with Crippen LogP contribution in [0, 0.1) is 0 Å². The number of nitrogens with one attached hydrogen (secondary N) is 1. The summed E-state index contributed by atoms with van der Waals surface area (Å²) in [6.45, 7) is 3.25. The van der Waals surface area contributed by atoms with E-state index in [9.17, 15) is 9.59 Å². The molecule has 1 fully saturated rings. The smallest absolute Gasteiger partial charge is 0.255 e. The summed E-state index contributed by atoms with van der Waals surface area (Å²) < 4.78 is 0. The molecular weight excluding hydrogens is 326 g/mol. The molecule has 0 heterocycles. The van der Waals surface area contributed by atoms with Crippen LogP contribution in [0.3, 0.4) is 0 Å². The Labute approximate surface area is 148 Å². The first-order valence-electron chi connectivity index (χ1n) is 8.37. The monoisotopic (exact) mass is 351 g/mol. The van der Waals surface area contributed by atoms with Crippen LogP contribution in [0.4, 0.5) is 5.69 Å². The Hall–Kier alpha value is -1.59. The summed E-state index contributed by atoms with van der Waals surface area (Å²) in [7, 11) is 1.83. The molecule has 0 radical (unpaired) electrons. The van der Waals surface area contributed by atoms with Gasteiger partial charge in [0.15, 0.2) is 0 Å². The molecule has 24 heavy (non-hydrogen) atoms. The van der Waals surface area contributed by atoms with Crippen LogP contribution >= 0.6 is 11.6 Å². The lowest BCUT2D eigenvalue weighted by Crippen LogP contribution is -2.45. The molecule has 5 nitrogen and oxygen atoms in total. The minimum absolute atomic E-state index is 0.0797. The molecule has 3 N–H and O–H groups in total. The minimum Gasteiger partial charge on any atom is -0.339 e. The topological polar surface area (TPSA) is 75.4 Å². The summed E-state index contributed by atoms with van der Waals surface area (Å²) in [6, 6.07) is 5.20. The van der Waals surface area contributed by atoms with Gasteiger partial charge < -0.3 is 16.0 Å². The highest BCUT2D eigenvalue weighted by atomic mass is 35.5. The molecule has 1 aromatic carbocycles. The lowest BCUT2D eigenvalue weighted by Gasteiger charge is -2.31. The molecule has 1 aliphatic rings. The summed E-state index contributed by atoms with van der Waals surface area (Å²) >= 11 is 6.27. The zero-order valence-corrected chi connectivity index (χ0v) is 15.3. The van der Waals surface area contributed by atoms with Gasteiger partial charge in [0.05, 0.1) is 16.1 Å². The lowest BCUT2D eigenvalue weighted by atomic mass is 9.94. The van der Waals surface area contributed by atoms with Gasteiger partial charge in [-0.2, -0.15) is 0 Å². The quantitative estimate of drug-likeness (QED) is 0.872. The number of carbonyl (C=O) groups is 2. The predicted octanol–water partition coefficient (Wildman–Crippen LogP) is 3.42. The van der Waals surface area contributed by atoms with Crippen molar-refractivity contribution in [3.63, 3.8) is 0 Å². The molecule has 132 valence electrons. The van der Waals surface area contributed by atoms with Gasteiger partial charge in [-0.05, 0) is 44.9 Å². The third kappa shape index (κ3) is 4.48. The first kappa shape index (κ1) is 18.7. The number of rotatable bonds is 4. The van der Waals surface area contributed by atoms with E-state index in [2.05, 4.69) is 5.32 Å². The van der Waals surface area contributed by atoms with Crippen molar-refractivity contribution in [1.29, 1.82) is 0 Å². The van der Waals surface area contributed by atoms with Crippen molar-refractivity contribution in [2.75, 3.05) is 12.4 Å². The van der Waals surface area contributed by atoms with E-state index in [1.807, 2.05) is 7.05 Å². The van der Waals surface area contributed by atoms with Crippen LogP contribution in [-0.2, 0) is 4.79 Å².